The van der Waals surface area contributed by atoms with Crippen molar-refractivity contribution in [2.75, 3.05) is 0 Å². The third-order valence-corrected chi connectivity index (χ3v) is 4.64. The van der Waals surface area contributed by atoms with Crippen molar-refractivity contribution < 1.29 is 0 Å². The van der Waals surface area contributed by atoms with Crippen LogP contribution in [0.25, 0.3) is 11.3 Å². The van der Waals surface area contributed by atoms with Crippen LogP contribution in [0, 0.1) is 0 Å². The van der Waals surface area contributed by atoms with Gasteiger partial charge in [-0.15, -0.1) is 11.3 Å². The van der Waals surface area contributed by atoms with E-state index in [4.69, 9.17) is 4.98 Å². The average molecular weight is 267 g/mol. The second-order valence-electron chi connectivity index (χ2n) is 4.77. The van der Waals surface area contributed by atoms with Gasteiger partial charge >= 0.3 is 0 Å². The number of nitrogens with one attached hydrogen (secondary N) is 1. The van der Waals surface area contributed by atoms with Crippen LogP contribution < -0.4 is 0 Å². The van der Waals surface area contributed by atoms with Gasteiger partial charge in [-0.2, -0.15) is 0 Å². The number of imidazole rings is 1. The molecule has 0 fully saturated rings. The summed E-state index contributed by atoms with van der Waals surface area (Å²) in [5, 5.41) is 1.16. The largest absolute Gasteiger partial charge is 0.351 e. The molecule has 0 aliphatic heterocycles. The van der Waals surface area contributed by atoms with E-state index in [1.54, 1.807) is 6.33 Å². The van der Waals surface area contributed by atoms with Gasteiger partial charge in [0.15, 0.2) is 0 Å². The van der Waals surface area contributed by atoms with Gasteiger partial charge in [0, 0.05) is 23.1 Å². The summed E-state index contributed by atoms with van der Waals surface area (Å²) >= 11 is 1.83. The molecule has 3 nitrogen and oxygen atoms in total. The summed E-state index contributed by atoms with van der Waals surface area (Å²) < 4.78 is 0. The Kier molecular flexibility index (Phi) is 2.48. The van der Waals surface area contributed by atoms with Crippen LogP contribution in [0.4, 0.5) is 0 Å². The molecule has 19 heavy (non-hydrogen) atoms. The molecule has 0 atom stereocenters. The van der Waals surface area contributed by atoms with Gasteiger partial charge in [-0.05, 0) is 18.4 Å². The van der Waals surface area contributed by atoms with Crippen LogP contribution in [0.5, 0.6) is 0 Å². The van der Waals surface area contributed by atoms with Gasteiger partial charge in [0.1, 0.15) is 0 Å². The van der Waals surface area contributed by atoms with Crippen molar-refractivity contribution in [3.05, 3.63) is 57.9 Å². The second-order valence-corrected chi connectivity index (χ2v) is 5.94. The molecule has 1 N–H and O–H groups in total. The molecule has 0 unspecified atom stereocenters. The molecule has 1 aliphatic rings. The number of benzene rings is 1. The Morgan fingerprint density at radius 1 is 1.21 bits per heavy atom. The Bertz CT molecular complexity index is 713. The zero-order chi connectivity index (χ0) is 12.7. The minimum absolute atomic E-state index is 0.823. The summed E-state index contributed by atoms with van der Waals surface area (Å²) in [6.07, 6.45) is 6.73. The van der Waals surface area contributed by atoms with Crippen LogP contribution in [0.1, 0.15) is 21.1 Å². The Morgan fingerprint density at radius 2 is 2.16 bits per heavy atom. The van der Waals surface area contributed by atoms with Gasteiger partial charge in [0.05, 0.1) is 22.7 Å². The molecule has 0 saturated heterocycles. The van der Waals surface area contributed by atoms with Gasteiger partial charge in [-0.1, -0.05) is 24.3 Å². The molecule has 2 heterocycles. The molecule has 4 rings (SSSR count). The summed E-state index contributed by atoms with van der Waals surface area (Å²) in [6.45, 7) is 0. The number of rotatable bonds is 2. The molecule has 0 radical (unpaired) electrons. The highest BCUT2D eigenvalue weighted by atomic mass is 32.1. The van der Waals surface area contributed by atoms with Crippen LogP contribution in [0.3, 0.4) is 0 Å². The second kappa shape index (κ2) is 4.31. The summed E-state index contributed by atoms with van der Waals surface area (Å²) in [6, 6.07) is 8.61. The van der Waals surface area contributed by atoms with Crippen molar-refractivity contribution in [2.24, 2.45) is 0 Å². The maximum absolute atomic E-state index is 4.83. The van der Waals surface area contributed by atoms with Crippen molar-refractivity contribution in [1.82, 2.24) is 15.0 Å². The van der Waals surface area contributed by atoms with Crippen molar-refractivity contribution in [3.63, 3.8) is 0 Å². The molecule has 4 heteroatoms. The van der Waals surface area contributed by atoms with E-state index in [9.17, 15) is 0 Å². The smallest absolute Gasteiger partial charge is 0.0995 e. The standard InChI is InChI=1S/C15H13N3S/c1-2-4-12-10(3-1)5-6-13-15(12)18-14(19-13)7-11-8-16-9-17-11/h1-4,8-9H,5-7H2,(H,16,17). The molecule has 2 aromatic heterocycles. The van der Waals surface area contributed by atoms with E-state index < -0.39 is 0 Å². The van der Waals surface area contributed by atoms with E-state index in [2.05, 4.69) is 34.2 Å². The van der Waals surface area contributed by atoms with Crippen LogP contribution in [-0.2, 0) is 19.3 Å². The first kappa shape index (κ1) is 10.9. The van der Waals surface area contributed by atoms with E-state index in [1.807, 2.05) is 17.5 Å². The topological polar surface area (TPSA) is 41.6 Å². The first-order valence-corrected chi connectivity index (χ1v) is 7.26. The third-order valence-electron chi connectivity index (χ3n) is 3.52. The highest BCUT2D eigenvalue weighted by molar-refractivity contribution is 7.12. The fourth-order valence-corrected chi connectivity index (χ4v) is 3.71. The van der Waals surface area contributed by atoms with Gasteiger partial charge < -0.3 is 4.98 Å². The van der Waals surface area contributed by atoms with Gasteiger partial charge in [0.25, 0.3) is 0 Å². The first-order chi connectivity index (χ1) is 9.40. The average Bonchev–Trinajstić information content (AvgIpc) is 3.08. The highest BCUT2D eigenvalue weighted by Crippen LogP contribution is 2.36. The molecule has 3 aromatic rings. The Balaban J connectivity index is 1.74. The number of fused-ring (bicyclic) bond motifs is 3. The van der Waals surface area contributed by atoms with Crippen molar-refractivity contribution in [1.29, 1.82) is 0 Å². The molecular weight excluding hydrogens is 254 g/mol. The number of aromatic nitrogens is 3. The van der Waals surface area contributed by atoms with E-state index in [0.29, 0.717) is 0 Å². The number of thiazole rings is 1. The maximum Gasteiger partial charge on any atom is 0.0995 e. The zero-order valence-corrected chi connectivity index (χ0v) is 11.2. The van der Waals surface area contributed by atoms with Crippen LogP contribution in [0.2, 0.25) is 0 Å². The predicted octanol–water partition coefficient (Wildman–Crippen LogP) is 3.22. The molecule has 0 spiro atoms. The predicted molar refractivity (Wildman–Crippen MR) is 76.4 cm³/mol. The summed E-state index contributed by atoms with van der Waals surface area (Å²) in [4.78, 5) is 13.5. The minimum Gasteiger partial charge on any atom is -0.351 e. The number of H-pyrrole nitrogens is 1. The summed E-state index contributed by atoms with van der Waals surface area (Å²) in [5.74, 6) is 0. The number of aryl methyl sites for hydroxylation is 2. The summed E-state index contributed by atoms with van der Waals surface area (Å²) in [7, 11) is 0. The quantitative estimate of drug-likeness (QED) is 0.774. The lowest BCUT2D eigenvalue weighted by atomic mass is 9.94. The first-order valence-electron chi connectivity index (χ1n) is 6.44. The lowest BCUT2D eigenvalue weighted by Gasteiger charge is -2.13. The Morgan fingerprint density at radius 3 is 3.05 bits per heavy atom. The lowest BCUT2D eigenvalue weighted by Crippen LogP contribution is -2.01. The minimum atomic E-state index is 0.823. The lowest BCUT2D eigenvalue weighted by molar-refractivity contribution is 0.952. The van der Waals surface area contributed by atoms with E-state index in [-0.39, 0.29) is 0 Å². The number of hydrogen-bond acceptors (Lipinski definition) is 3. The SMILES string of the molecule is c1ccc2c(c1)CCc1sc(Cc3c[nH]cn3)nc1-2. The van der Waals surface area contributed by atoms with Crippen molar-refractivity contribution in [2.45, 2.75) is 19.3 Å². The molecule has 0 bridgehead atoms. The van der Waals surface area contributed by atoms with Crippen LogP contribution >= 0.6 is 11.3 Å². The Labute approximate surface area is 115 Å². The maximum atomic E-state index is 4.83. The van der Waals surface area contributed by atoms with Gasteiger partial charge in [-0.25, -0.2) is 9.97 Å². The summed E-state index contributed by atoms with van der Waals surface area (Å²) in [5.41, 5.74) is 4.98. The fraction of sp³-hybridized carbons (Fsp3) is 0.200. The molecule has 1 aliphatic carbocycles. The fourth-order valence-electron chi connectivity index (χ4n) is 2.62. The third kappa shape index (κ3) is 1.88. The van der Waals surface area contributed by atoms with Crippen molar-refractivity contribution >= 4 is 11.3 Å². The van der Waals surface area contributed by atoms with Gasteiger partial charge in [0.2, 0.25) is 0 Å². The Hall–Kier alpha value is -1.94. The van der Waals surface area contributed by atoms with Crippen molar-refractivity contribution in [3.8, 4) is 11.3 Å². The number of nitrogens with zero attached hydrogens (tertiary/aromatic N) is 2. The van der Waals surface area contributed by atoms with E-state index in [1.165, 1.54) is 21.7 Å². The van der Waals surface area contributed by atoms with Gasteiger partial charge in [-0.3, -0.25) is 0 Å². The van der Waals surface area contributed by atoms with E-state index in [0.717, 1.165) is 30.0 Å². The van der Waals surface area contributed by atoms with E-state index >= 15 is 0 Å². The van der Waals surface area contributed by atoms with Crippen LogP contribution in [0.15, 0.2) is 36.8 Å². The molecule has 1 aromatic carbocycles. The molecule has 0 amide bonds. The zero-order valence-electron chi connectivity index (χ0n) is 10.4. The molecule has 94 valence electrons. The molecule has 0 saturated carbocycles. The number of aromatic amines is 1. The number of hydrogen-bond donors (Lipinski definition) is 1. The normalized spacial score (nSPS) is 13.1. The molecular formula is C15H13N3S. The highest BCUT2D eigenvalue weighted by Gasteiger charge is 2.20. The monoisotopic (exact) mass is 267 g/mol. The van der Waals surface area contributed by atoms with Crippen LogP contribution in [-0.4, -0.2) is 15.0 Å².